The van der Waals surface area contributed by atoms with Crippen LogP contribution in [0.2, 0.25) is 0 Å². The van der Waals surface area contributed by atoms with Crippen molar-refractivity contribution in [1.29, 1.82) is 0 Å². The minimum absolute atomic E-state index is 0.0312. The molecule has 0 saturated carbocycles. The van der Waals surface area contributed by atoms with Gasteiger partial charge in [-0.25, -0.2) is 4.98 Å². The van der Waals surface area contributed by atoms with Crippen LogP contribution < -0.4 is 0 Å². The van der Waals surface area contributed by atoms with Gasteiger partial charge < -0.3 is 4.90 Å². The molecule has 7 heteroatoms. The maximum absolute atomic E-state index is 12.6. The molecule has 0 N–H and O–H groups in total. The van der Waals surface area contributed by atoms with Crippen LogP contribution in [0.25, 0.3) is 0 Å². The molecule has 0 unspecified atom stereocenters. The molecule has 0 radical (unpaired) electrons. The van der Waals surface area contributed by atoms with E-state index in [9.17, 15) is 4.79 Å². The van der Waals surface area contributed by atoms with Crippen LogP contribution in [0, 0.1) is 18.8 Å². The molecule has 2 aromatic rings. The molecule has 7 nitrogen and oxygen atoms in total. The van der Waals surface area contributed by atoms with E-state index < -0.39 is 0 Å². The molecule has 1 saturated heterocycles. The number of piperidine rings is 1. The molecule has 134 valence electrons. The molecule has 2 aromatic heterocycles. The Labute approximate surface area is 148 Å². The number of nitrogens with zero attached hydrogens (tertiary/aromatic N) is 6. The first-order valence-corrected chi connectivity index (χ1v) is 8.98. The number of hydrogen-bond acceptors (Lipinski definition) is 5. The molecule has 1 aliphatic rings. The van der Waals surface area contributed by atoms with E-state index in [2.05, 4.69) is 34.1 Å². The predicted molar refractivity (Wildman–Crippen MR) is 94.0 cm³/mol. The lowest BCUT2D eigenvalue weighted by Crippen LogP contribution is -2.41. The summed E-state index contributed by atoms with van der Waals surface area (Å²) < 4.78 is 1.92. The Hall–Kier alpha value is -2.31. The van der Waals surface area contributed by atoms with Gasteiger partial charge in [0, 0.05) is 32.0 Å². The fraction of sp³-hybridized carbons (Fsp3) is 0.611. The molecule has 3 rings (SSSR count). The van der Waals surface area contributed by atoms with Crippen molar-refractivity contribution in [3.05, 3.63) is 35.7 Å². The second kappa shape index (κ2) is 7.72. The maximum atomic E-state index is 12.6. The zero-order valence-corrected chi connectivity index (χ0v) is 15.2. The average Bonchev–Trinajstić information content (AvgIpc) is 3.01. The van der Waals surface area contributed by atoms with E-state index in [-0.39, 0.29) is 5.91 Å². The Morgan fingerprint density at radius 3 is 2.88 bits per heavy atom. The van der Waals surface area contributed by atoms with Gasteiger partial charge in [-0.15, -0.1) is 5.10 Å². The van der Waals surface area contributed by atoms with Crippen molar-refractivity contribution in [2.75, 3.05) is 13.1 Å². The van der Waals surface area contributed by atoms with E-state index >= 15 is 0 Å². The van der Waals surface area contributed by atoms with Crippen LogP contribution >= 0.6 is 0 Å². The van der Waals surface area contributed by atoms with E-state index in [0.29, 0.717) is 17.5 Å². The second-order valence-corrected chi connectivity index (χ2v) is 7.33. The van der Waals surface area contributed by atoms with E-state index in [1.807, 2.05) is 22.7 Å². The van der Waals surface area contributed by atoms with E-state index in [4.69, 9.17) is 0 Å². The van der Waals surface area contributed by atoms with Crippen LogP contribution in [0.5, 0.6) is 0 Å². The quantitative estimate of drug-likeness (QED) is 0.832. The monoisotopic (exact) mass is 342 g/mol. The third-order valence-corrected chi connectivity index (χ3v) is 4.46. The van der Waals surface area contributed by atoms with Crippen molar-refractivity contribution in [3.8, 4) is 0 Å². The number of amides is 1. The number of rotatable bonds is 5. The van der Waals surface area contributed by atoms with Gasteiger partial charge >= 0.3 is 0 Å². The molecule has 1 fully saturated rings. The van der Waals surface area contributed by atoms with E-state index in [1.54, 1.807) is 12.4 Å². The summed E-state index contributed by atoms with van der Waals surface area (Å²) in [6.45, 7) is 8.53. The minimum atomic E-state index is -0.0312. The van der Waals surface area contributed by atoms with E-state index in [0.717, 1.165) is 50.3 Å². The Balaban J connectivity index is 1.60. The summed E-state index contributed by atoms with van der Waals surface area (Å²) >= 11 is 0. The highest BCUT2D eigenvalue weighted by Crippen LogP contribution is 2.20. The molecule has 1 aliphatic heterocycles. The Kier molecular flexibility index (Phi) is 5.40. The minimum Gasteiger partial charge on any atom is -0.337 e. The Morgan fingerprint density at radius 1 is 1.32 bits per heavy atom. The van der Waals surface area contributed by atoms with Crippen LogP contribution in [0.1, 0.15) is 48.6 Å². The number of likely N-dealkylation sites (tertiary alicyclic amines) is 1. The molecule has 0 aromatic carbocycles. The zero-order valence-electron chi connectivity index (χ0n) is 15.2. The molecule has 1 amide bonds. The summed E-state index contributed by atoms with van der Waals surface area (Å²) in [5.74, 6) is 0.935. The van der Waals surface area contributed by atoms with Crippen LogP contribution in [0.3, 0.4) is 0 Å². The molecule has 0 aliphatic carbocycles. The fourth-order valence-electron chi connectivity index (χ4n) is 3.27. The first-order chi connectivity index (χ1) is 12.0. The molecule has 3 heterocycles. The zero-order chi connectivity index (χ0) is 17.8. The molecule has 0 bridgehead atoms. The van der Waals surface area contributed by atoms with Gasteiger partial charge in [0.2, 0.25) is 0 Å². The van der Waals surface area contributed by atoms with Gasteiger partial charge in [0.25, 0.3) is 5.91 Å². The van der Waals surface area contributed by atoms with Gasteiger partial charge in [-0.3, -0.25) is 14.5 Å². The second-order valence-electron chi connectivity index (χ2n) is 7.33. The van der Waals surface area contributed by atoms with Gasteiger partial charge in [0.05, 0.1) is 17.6 Å². The van der Waals surface area contributed by atoms with Gasteiger partial charge in [-0.05, 0) is 38.0 Å². The van der Waals surface area contributed by atoms with Crippen molar-refractivity contribution in [3.63, 3.8) is 0 Å². The van der Waals surface area contributed by atoms with Crippen LogP contribution in [0.4, 0.5) is 0 Å². The third-order valence-electron chi connectivity index (χ3n) is 4.46. The Morgan fingerprint density at radius 2 is 2.16 bits per heavy atom. The highest BCUT2D eigenvalue weighted by atomic mass is 16.2. The predicted octanol–water partition coefficient (Wildman–Crippen LogP) is 2.13. The molecular formula is C18H26N6O. The van der Waals surface area contributed by atoms with Gasteiger partial charge in [0.1, 0.15) is 5.69 Å². The summed E-state index contributed by atoms with van der Waals surface area (Å²) in [5.41, 5.74) is 2.27. The van der Waals surface area contributed by atoms with Crippen molar-refractivity contribution >= 4 is 5.91 Å². The summed E-state index contributed by atoms with van der Waals surface area (Å²) in [6.07, 6.45) is 8.29. The highest BCUT2D eigenvalue weighted by molar-refractivity contribution is 5.92. The molecule has 25 heavy (non-hydrogen) atoms. The van der Waals surface area contributed by atoms with Gasteiger partial charge in [0.15, 0.2) is 0 Å². The molecular weight excluding hydrogens is 316 g/mol. The van der Waals surface area contributed by atoms with Crippen LogP contribution in [0.15, 0.2) is 18.6 Å². The SMILES string of the molecule is Cc1cnc(C(=O)N2CCC[C@H](Cn3cc(CC(C)C)nn3)C2)cn1. The molecule has 0 spiro atoms. The summed E-state index contributed by atoms with van der Waals surface area (Å²) in [5, 5.41) is 8.49. The summed E-state index contributed by atoms with van der Waals surface area (Å²) in [6, 6.07) is 0. The lowest BCUT2D eigenvalue weighted by Gasteiger charge is -2.32. The average molecular weight is 342 g/mol. The fourth-order valence-corrected chi connectivity index (χ4v) is 3.27. The maximum Gasteiger partial charge on any atom is 0.274 e. The number of aromatic nitrogens is 5. The molecule has 1 atom stereocenters. The van der Waals surface area contributed by atoms with Crippen LogP contribution in [-0.4, -0.2) is 48.9 Å². The van der Waals surface area contributed by atoms with Crippen LogP contribution in [-0.2, 0) is 13.0 Å². The first kappa shape index (κ1) is 17.5. The van der Waals surface area contributed by atoms with E-state index in [1.165, 1.54) is 0 Å². The number of hydrogen-bond donors (Lipinski definition) is 0. The number of carbonyl (C=O) groups excluding carboxylic acids is 1. The summed E-state index contributed by atoms with van der Waals surface area (Å²) in [7, 11) is 0. The van der Waals surface area contributed by atoms with Crippen molar-refractivity contribution in [2.45, 2.75) is 46.6 Å². The summed E-state index contributed by atoms with van der Waals surface area (Å²) in [4.78, 5) is 22.9. The third kappa shape index (κ3) is 4.61. The highest BCUT2D eigenvalue weighted by Gasteiger charge is 2.26. The smallest absolute Gasteiger partial charge is 0.274 e. The van der Waals surface area contributed by atoms with Crippen molar-refractivity contribution < 1.29 is 4.79 Å². The topological polar surface area (TPSA) is 76.8 Å². The Bertz CT molecular complexity index is 709. The van der Waals surface area contributed by atoms with Crippen molar-refractivity contribution in [2.24, 2.45) is 11.8 Å². The number of aryl methyl sites for hydroxylation is 1. The van der Waals surface area contributed by atoms with Crippen molar-refractivity contribution in [1.82, 2.24) is 29.9 Å². The number of carbonyl (C=O) groups is 1. The lowest BCUT2D eigenvalue weighted by molar-refractivity contribution is 0.0653. The normalized spacial score (nSPS) is 17.9. The lowest BCUT2D eigenvalue weighted by atomic mass is 9.98. The standard InChI is InChI=1S/C18H26N6O/c1-13(2)7-16-12-24(22-21-16)11-15-5-4-6-23(10-15)18(25)17-9-19-14(3)8-20-17/h8-9,12-13,15H,4-7,10-11H2,1-3H3/t15-/m0/s1. The first-order valence-electron chi connectivity index (χ1n) is 8.98. The largest absolute Gasteiger partial charge is 0.337 e. The van der Waals surface area contributed by atoms with Gasteiger partial charge in [-0.2, -0.15) is 0 Å². The van der Waals surface area contributed by atoms with Gasteiger partial charge in [-0.1, -0.05) is 19.1 Å².